The van der Waals surface area contributed by atoms with Crippen molar-refractivity contribution in [2.45, 2.75) is 13.5 Å². The number of aromatic nitrogens is 3. The Bertz CT molecular complexity index is 744. The Hall–Kier alpha value is -2.96. The maximum absolute atomic E-state index is 12.0. The van der Waals surface area contributed by atoms with Crippen LogP contribution in [0.4, 0.5) is 11.9 Å². The van der Waals surface area contributed by atoms with E-state index in [1.54, 1.807) is 15.9 Å². The molecule has 1 heterocycles. The number of anilines is 2. The normalized spacial score (nSPS) is 10.8. The van der Waals surface area contributed by atoms with E-state index in [1.165, 1.54) is 6.08 Å². The lowest BCUT2D eigenvalue weighted by Gasteiger charge is -2.16. The van der Waals surface area contributed by atoms with Gasteiger partial charge < -0.3 is 15.1 Å². The molecule has 0 saturated carbocycles. The monoisotopic (exact) mass is 340 g/mol. The van der Waals surface area contributed by atoms with E-state index in [-0.39, 0.29) is 12.5 Å². The third-order valence-corrected chi connectivity index (χ3v) is 3.48. The molecule has 0 radical (unpaired) electrons. The van der Waals surface area contributed by atoms with Crippen LogP contribution in [0.2, 0.25) is 0 Å². The van der Waals surface area contributed by atoms with E-state index in [0.29, 0.717) is 17.7 Å². The second-order valence-electron chi connectivity index (χ2n) is 6.05. The first-order valence-electron chi connectivity index (χ1n) is 7.98. The van der Waals surface area contributed by atoms with E-state index in [0.717, 1.165) is 11.1 Å². The van der Waals surface area contributed by atoms with Gasteiger partial charge in [0.05, 0.1) is 6.54 Å². The van der Waals surface area contributed by atoms with E-state index < -0.39 is 0 Å². The van der Waals surface area contributed by atoms with E-state index >= 15 is 0 Å². The van der Waals surface area contributed by atoms with Crippen molar-refractivity contribution in [1.29, 1.82) is 0 Å². The zero-order valence-electron chi connectivity index (χ0n) is 15.3. The van der Waals surface area contributed by atoms with Crippen LogP contribution < -0.4 is 15.1 Å². The van der Waals surface area contributed by atoms with Crippen LogP contribution in [0.3, 0.4) is 0 Å². The van der Waals surface area contributed by atoms with Gasteiger partial charge in [0.1, 0.15) is 0 Å². The fourth-order valence-electron chi connectivity index (χ4n) is 2.04. The van der Waals surface area contributed by atoms with Crippen LogP contribution >= 0.6 is 0 Å². The molecular formula is C18H24N6O. The van der Waals surface area contributed by atoms with Crippen molar-refractivity contribution < 1.29 is 4.79 Å². The molecule has 0 bridgehead atoms. The summed E-state index contributed by atoms with van der Waals surface area (Å²) in [6.07, 6.45) is 3.32. The largest absolute Gasteiger partial charge is 0.347 e. The molecule has 7 heteroatoms. The zero-order chi connectivity index (χ0) is 18.4. The van der Waals surface area contributed by atoms with Gasteiger partial charge in [0, 0.05) is 34.3 Å². The first-order valence-corrected chi connectivity index (χ1v) is 7.98. The van der Waals surface area contributed by atoms with E-state index in [4.69, 9.17) is 0 Å². The van der Waals surface area contributed by atoms with Gasteiger partial charge in [-0.3, -0.25) is 4.79 Å². The van der Waals surface area contributed by atoms with Crippen molar-refractivity contribution in [1.82, 2.24) is 20.3 Å². The van der Waals surface area contributed by atoms with Crippen molar-refractivity contribution in [3.8, 4) is 0 Å². The Balaban J connectivity index is 2.05. The van der Waals surface area contributed by atoms with Gasteiger partial charge in [0.25, 0.3) is 0 Å². The van der Waals surface area contributed by atoms with E-state index in [1.807, 2.05) is 59.4 Å². The molecule has 0 fully saturated rings. The first kappa shape index (κ1) is 18.4. The minimum absolute atomic E-state index is 0.193. The van der Waals surface area contributed by atoms with Crippen LogP contribution in [-0.4, -0.2) is 49.0 Å². The van der Waals surface area contributed by atoms with Crippen LogP contribution in [-0.2, 0) is 11.3 Å². The second kappa shape index (κ2) is 8.23. The summed E-state index contributed by atoms with van der Waals surface area (Å²) in [6, 6.07) is 7.89. The van der Waals surface area contributed by atoms with E-state index in [9.17, 15) is 4.79 Å². The van der Waals surface area contributed by atoms with Crippen LogP contribution in [0, 0.1) is 6.92 Å². The minimum atomic E-state index is -0.193. The molecule has 25 heavy (non-hydrogen) atoms. The van der Waals surface area contributed by atoms with Gasteiger partial charge in [0.15, 0.2) is 5.82 Å². The Kier molecular flexibility index (Phi) is 6.05. The van der Waals surface area contributed by atoms with Gasteiger partial charge in [0.2, 0.25) is 17.8 Å². The summed E-state index contributed by atoms with van der Waals surface area (Å²) in [7, 11) is 7.45. The molecule has 1 aromatic heterocycles. The summed E-state index contributed by atoms with van der Waals surface area (Å²) in [5, 5.41) is 2.81. The van der Waals surface area contributed by atoms with E-state index in [2.05, 4.69) is 20.3 Å². The highest BCUT2D eigenvalue weighted by atomic mass is 16.1. The van der Waals surface area contributed by atoms with Gasteiger partial charge in [-0.25, -0.2) is 0 Å². The van der Waals surface area contributed by atoms with Crippen LogP contribution in [0.25, 0.3) is 6.08 Å². The summed E-state index contributed by atoms with van der Waals surface area (Å²) in [6.45, 7) is 2.25. The van der Waals surface area contributed by atoms with Crippen molar-refractivity contribution in [3.63, 3.8) is 0 Å². The number of nitrogens with zero attached hydrogens (tertiary/aromatic N) is 5. The first-order chi connectivity index (χ1) is 11.9. The quantitative estimate of drug-likeness (QED) is 0.806. The van der Waals surface area contributed by atoms with Crippen molar-refractivity contribution >= 4 is 23.9 Å². The van der Waals surface area contributed by atoms with Crippen LogP contribution in [0.5, 0.6) is 0 Å². The number of carbonyl (C=O) groups excluding carboxylic acids is 1. The molecule has 0 aliphatic heterocycles. The number of nitrogens with one attached hydrogen (secondary N) is 1. The fraction of sp³-hybridized carbons (Fsp3) is 0.333. The number of rotatable bonds is 6. The molecule has 0 atom stereocenters. The lowest BCUT2D eigenvalue weighted by Crippen LogP contribution is -2.25. The summed E-state index contributed by atoms with van der Waals surface area (Å²) in [5.74, 6) is 1.43. The molecule has 1 amide bonds. The lowest BCUT2D eigenvalue weighted by molar-refractivity contribution is -0.116. The minimum Gasteiger partial charge on any atom is -0.347 e. The summed E-state index contributed by atoms with van der Waals surface area (Å²) < 4.78 is 0. The Morgan fingerprint density at radius 1 is 1.04 bits per heavy atom. The van der Waals surface area contributed by atoms with Crippen LogP contribution in [0.15, 0.2) is 30.3 Å². The highest BCUT2D eigenvalue weighted by Crippen LogP contribution is 2.11. The topological polar surface area (TPSA) is 74.2 Å². The van der Waals surface area contributed by atoms with Crippen LogP contribution in [0.1, 0.15) is 17.0 Å². The van der Waals surface area contributed by atoms with Gasteiger partial charge in [-0.2, -0.15) is 15.0 Å². The smallest absolute Gasteiger partial charge is 0.244 e. The summed E-state index contributed by atoms with van der Waals surface area (Å²) in [4.78, 5) is 28.7. The summed E-state index contributed by atoms with van der Waals surface area (Å²) >= 11 is 0. The van der Waals surface area contributed by atoms with Crippen molar-refractivity contribution in [2.75, 3.05) is 38.0 Å². The average Bonchev–Trinajstić information content (AvgIpc) is 2.58. The van der Waals surface area contributed by atoms with Crippen molar-refractivity contribution in [2.24, 2.45) is 0 Å². The van der Waals surface area contributed by atoms with Gasteiger partial charge in [-0.05, 0) is 24.1 Å². The number of hydrogen-bond acceptors (Lipinski definition) is 6. The Morgan fingerprint density at radius 3 is 2.20 bits per heavy atom. The molecule has 2 aromatic rings. The van der Waals surface area contributed by atoms with Gasteiger partial charge in [-0.1, -0.05) is 24.3 Å². The standard InChI is InChI=1S/C18H24N6O/c1-13-8-6-7-9-14(13)10-11-16(25)19-12-15-20-17(23(2)3)22-18(21-15)24(4)5/h6-11H,12H2,1-5H3,(H,19,25). The average molecular weight is 340 g/mol. The summed E-state index contributed by atoms with van der Waals surface area (Å²) in [5.41, 5.74) is 2.14. The highest BCUT2D eigenvalue weighted by molar-refractivity contribution is 5.91. The number of benzene rings is 1. The molecule has 2 rings (SSSR count). The molecule has 0 aliphatic rings. The maximum atomic E-state index is 12.0. The number of amides is 1. The molecule has 1 aromatic carbocycles. The third kappa shape index (κ3) is 5.27. The lowest BCUT2D eigenvalue weighted by atomic mass is 10.1. The van der Waals surface area contributed by atoms with Gasteiger partial charge >= 0.3 is 0 Å². The fourth-order valence-corrected chi connectivity index (χ4v) is 2.04. The van der Waals surface area contributed by atoms with Crippen molar-refractivity contribution in [3.05, 3.63) is 47.3 Å². The SMILES string of the molecule is Cc1ccccc1C=CC(=O)NCc1nc(N(C)C)nc(N(C)C)n1. The molecule has 1 N–H and O–H groups in total. The predicted octanol–water partition coefficient (Wildman–Crippen LogP) is 1.64. The molecule has 0 saturated heterocycles. The number of carbonyl (C=O) groups is 1. The second-order valence-corrected chi connectivity index (χ2v) is 6.05. The molecular weight excluding hydrogens is 316 g/mol. The van der Waals surface area contributed by atoms with Gasteiger partial charge in [-0.15, -0.1) is 0 Å². The highest BCUT2D eigenvalue weighted by Gasteiger charge is 2.10. The molecule has 132 valence electrons. The molecule has 0 aliphatic carbocycles. The third-order valence-electron chi connectivity index (χ3n) is 3.48. The molecule has 0 unspecified atom stereocenters. The predicted molar refractivity (Wildman–Crippen MR) is 101 cm³/mol. The number of aryl methyl sites for hydroxylation is 1. The Labute approximate surface area is 148 Å². The molecule has 0 spiro atoms. The molecule has 7 nitrogen and oxygen atoms in total. The zero-order valence-corrected chi connectivity index (χ0v) is 15.3. The Morgan fingerprint density at radius 2 is 1.64 bits per heavy atom. The number of hydrogen-bond donors (Lipinski definition) is 1. The maximum Gasteiger partial charge on any atom is 0.244 e.